The van der Waals surface area contributed by atoms with Crippen molar-refractivity contribution >= 4 is 23.2 Å². The van der Waals surface area contributed by atoms with Gasteiger partial charge < -0.3 is 5.32 Å². The van der Waals surface area contributed by atoms with Crippen molar-refractivity contribution in [2.75, 3.05) is 12.8 Å². The zero-order chi connectivity index (χ0) is 7.98. The van der Waals surface area contributed by atoms with Crippen LogP contribution in [0.25, 0.3) is 0 Å². The highest BCUT2D eigenvalue weighted by molar-refractivity contribution is 8.11. The van der Waals surface area contributed by atoms with Gasteiger partial charge in [0.25, 0.3) is 0 Å². The fraction of sp³-hybridized carbons (Fsp3) is 0.667. The van der Waals surface area contributed by atoms with Crippen molar-refractivity contribution in [3.8, 4) is 0 Å². The molecule has 0 aromatic rings. The van der Waals surface area contributed by atoms with Crippen molar-refractivity contribution in [3.63, 3.8) is 0 Å². The molecule has 1 atom stereocenters. The highest BCUT2D eigenvalue weighted by Gasteiger charge is 2.09. The summed E-state index contributed by atoms with van der Waals surface area (Å²) in [5, 5.41) is 2.81. The van der Waals surface area contributed by atoms with Gasteiger partial charge in [0.1, 0.15) is 5.78 Å². The molecule has 1 unspecified atom stereocenters. The van der Waals surface area contributed by atoms with E-state index in [9.17, 15) is 9.59 Å². The summed E-state index contributed by atoms with van der Waals surface area (Å²) in [6.07, 6.45) is 0. The summed E-state index contributed by atoms with van der Waals surface area (Å²) in [5.41, 5.74) is 0.743. The molecule has 3 nitrogen and oxygen atoms in total. The highest BCUT2D eigenvalue weighted by Crippen LogP contribution is 1.97. The lowest BCUT2D eigenvalue weighted by Crippen LogP contribution is -2.34. The maximum atomic E-state index is 10.7. The Labute approximate surface area is 64.6 Å². The first kappa shape index (κ1) is 9.65. The van der Waals surface area contributed by atoms with E-state index in [1.807, 2.05) is 0 Å². The molecular formula is C6H11NO2S. The van der Waals surface area contributed by atoms with Crippen LogP contribution >= 0.6 is 11.8 Å². The standard InChI is InChI=1S/C6H11NO2S/c1-5(9)6(7-2)3-10-4-8/h4,6-7H,3H2,1-2H3. The third kappa shape index (κ3) is 3.63. The van der Waals surface area contributed by atoms with E-state index < -0.39 is 0 Å². The average molecular weight is 161 g/mol. The van der Waals surface area contributed by atoms with Crippen LogP contribution in [-0.4, -0.2) is 30.2 Å². The lowest BCUT2D eigenvalue weighted by molar-refractivity contribution is -0.118. The third-order valence-corrected chi connectivity index (χ3v) is 1.83. The Bertz CT molecular complexity index is 127. The van der Waals surface area contributed by atoms with Gasteiger partial charge in [-0.05, 0) is 14.0 Å². The Kier molecular flexibility index (Phi) is 5.25. The number of carbonyl (C=O) groups is 2. The van der Waals surface area contributed by atoms with Crippen LogP contribution in [0.3, 0.4) is 0 Å². The second kappa shape index (κ2) is 5.44. The minimum Gasteiger partial charge on any atom is -0.310 e. The van der Waals surface area contributed by atoms with E-state index in [-0.39, 0.29) is 11.8 Å². The average Bonchev–Trinajstić information content (AvgIpc) is 1.89. The maximum absolute atomic E-state index is 10.7. The van der Waals surface area contributed by atoms with Crippen molar-refractivity contribution in [1.29, 1.82) is 0 Å². The number of nitrogens with one attached hydrogen (secondary N) is 1. The first-order chi connectivity index (χ1) is 4.72. The normalized spacial score (nSPS) is 12.6. The molecule has 0 heterocycles. The van der Waals surface area contributed by atoms with Crippen LogP contribution in [0.5, 0.6) is 0 Å². The molecule has 0 aliphatic carbocycles. The molecule has 58 valence electrons. The summed E-state index contributed by atoms with van der Waals surface area (Å²) in [6.45, 7) is 1.51. The summed E-state index contributed by atoms with van der Waals surface area (Å²) in [7, 11) is 1.71. The largest absolute Gasteiger partial charge is 0.310 e. The predicted octanol–water partition coefficient (Wildman–Crippen LogP) is 0.0868. The van der Waals surface area contributed by atoms with Gasteiger partial charge in [-0.1, -0.05) is 11.8 Å². The predicted molar refractivity (Wildman–Crippen MR) is 42.7 cm³/mol. The summed E-state index contributed by atoms with van der Waals surface area (Å²) < 4.78 is 0. The molecular weight excluding hydrogens is 150 g/mol. The number of ketones is 1. The molecule has 0 radical (unpaired) electrons. The lowest BCUT2D eigenvalue weighted by atomic mass is 10.2. The molecule has 0 rings (SSSR count). The summed E-state index contributed by atoms with van der Waals surface area (Å²) in [6, 6.07) is -0.185. The van der Waals surface area contributed by atoms with E-state index in [0.29, 0.717) is 5.75 Å². The van der Waals surface area contributed by atoms with Crippen LogP contribution in [0, 0.1) is 0 Å². The molecule has 0 bridgehead atoms. The number of Topliss-reactive ketones (excluding diaryl/α,β-unsaturated/α-hetero) is 1. The van der Waals surface area contributed by atoms with Gasteiger partial charge in [0.2, 0.25) is 0 Å². The van der Waals surface area contributed by atoms with Crippen molar-refractivity contribution < 1.29 is 9.59 Å². The molecule has 0 aromatic carbocycles. The topological polar surface area (TPSA) is 46.2 Å². The molecule has 10 heavy (non-hydrogen) atoms. The smallest absolute Gasteiger partial charge is 0.176 e. The third-order valence-electron chi connectivity index (χ3n) is 1.17. The fourth-order valence-electron chi connectivity index (χ4n) is 0.539. The number of rotatable bonds is 5. The Morgan fingerprint density at radius 3 is 2.70 bits per heavy atom. The molecule has 0 saturated heterocycles. The SMILES string of the molecule is CNC(CSC=O)C(C)=O. The van der Waals surface area contributed by atoms with Gasteiger partial charge in [-0.3, -0.25) is 9.59 Å². The highest BCUT2D eigenvalue weighted by atomic mass is 32.2. The number of hydrogen-bond donors (Lipinski definition) is 1. The minimum atomic E-state index is -0.185. The van der Waals surface area contributed by atoms with E-state index in [1.165, 1.54) is 6.92 Å². The fourth-order valence-corrected chi connectivity index (χ4v) is 1.21. The second-order valence-electron chi connectivity index (χ2n) is 1.88. The molecule has 0 aliphatic rings. The van der Waals surface area contributed by atoms with Crippen LogP contribution in [-0.2, 0) is 9.59 Å². The van der Waals surface area contributed by atoms with Crippen molar-refractivity contribution in [3.05, 3.63) is 0 Å². The minimum absolute atomic E-state index is 0.0665. The molecule has 0 saturated carbocycles. The van der Waals surface area contributed by atoms with E-state index >= 15 is 0 Å². The zero-order valence-electron chi connectivity index (χ0n) is 6.09. The summed E-state index contributed by atoms with van der Waals surface area (Å²) in [4.78, 5) is 20.6. The Morgan fingerprint density at radius 2 is 2.40 bits per heavy atom. The first-order valence-corrected chi connectivity index (χ1v) is 4.00. The Hall–Kier alpha value is -0.350. The zero-order valence-corrected chi connectivity index (χ0v) is 6.90. The van der Waals surface area contributed by atoms with Crippen LogP contribution in [0.15, 0.2) is 0 Å². The number of hydrogen-bond acceptors (Lipinski definition) is 4. The molecule has 0 aliphatic heterocycles. The van der Waals surface area contributed by atoms with Gasteiger partial charge in [-0.25, -0.2) is 0 Å². The van der Waals surface area contributed by atoms with Gasteiger partial charge in [0.05, 0.1) is 6.04 Å². The molecule has 0 amide bonds. The number of carbonyl (C=O) groups excluding carboxylic acids is 2. The van der Waals surface area contributed by atoms with Gasteiger partial charge in [0, 0.05) is 5.75 Å². The van der Waals surface area contributed by atoms with Crippen LogP contribution < -0.4 is 5.32 Å². The van der Waals surface area contributed by atoms with E-state index in [4.69, 9.17) is 0 Å². The summed E-state index contributed by atoms with van der Waals surface area (Å²) >= 11 is 1.11. The maximum Gasteiger partial charge on any atom is 0.176 e. The molecule has 0 aromatic heterocycles. The molecule has 4 heteroatoms. The number of likely N-dealkylation sites (N-methyl/N-ethyl adjacent to an activating group) is 1. The Balaban J connectivity index is 3.60. The monoisotopic (exact) mass is 161 g/mol. The first-order valence-electron chi connectivity index (χ1n) is 2.95. The quantitative estimate of drug-likeness (QED) is 0.580. The molecule has 0 spiro atoms. The van der Waals surface area contributed by atoms with E-state index in [0.717, 1.165) is 17.4 Å². The molecule has 0 fully saturated rings. The van der Waals surface area contributed by atoms with Crippen molar-refractivity contribution in [2.24, 2.45) is 0 Å². The van der Waals surface area contributed by atoms with E-state index in [2.05, 4.69) is 5.32 Å². The van der Waals surface area contributed by atoms with E-state index in [1.54, 1.807) is 7.05 Å². The van der Waals surface area contributed by atoms with Crippen LogP contribution in [0.2, 0.25) is 0 Å². The number of thioether (sulfide) groups is 1. The van der Waals surface area contributed by atoms with Gasteiger partial charge in [-0.15, -0.1) is 0 Å². The molecule has 1 N–H and O–H groups in total. The van der Waals surface area contributed by atoms with Crippen molar-refractivity contribution in [1.82, 2.24) is 5.32 Å². The Morgan fingerprint density at radius 1 is 1.80 bits per heavy atom. The van der Waals surface area contributed by atoms with Gasteiger partial charge >= 0.3 is 0 Å². The van der Waals surface area contributed by atoms with Crippen LogP contribution in [0.1, 0.15) is 6.92 Å². The van der Waals surface area contributed by atoms with Gasteiger partial charge in [0.15, 0.2) is 5.62 Å². The van der Waals surface area contributed by atoms with Crippen LogP contribution in [0.4, 0.5) is 0 Å². The van der Waals surface area contributed by atoms with Gasteiger partial charge in [-0.2, -0.15) is 0 Å². The summed E-state index contributed by atoms with van der Waals surface area (Å²) in [5.74, 6) is 0.590. The second-order valence-corrected chi connectivity index (χ2v) is 2.74. The van der Waals surface area contributed by atoms with Crippen molar-refractivity contribution in [2.45, 2.75) is 13.0 Å². The lowest BCUT2D eigenvalue weighted by Gasteiger charge is -2.08.